The predicted molar refractivity (Wildman–Crippen MR) is 214 cm³/mol. The molecule has 1 fully saturated rings. The maximum Gasteiger partial charge on any atom is 0.170 e. The molecule has 0 aliphatic carbocycles. The average Bonchev–Trinajstić information content (AvgIpc) is 4.06. The summed E-state index contributed by atoms with van der Waals surface area (Å²) in [4.78, 5) is 46.1. The van der Waals surface area contributed by atoms with Crippen LogP contribution >= 0.6 is 15.9 Å². The number of Topliss-reactive ketones (excluding diaryl/α,β-unsaturated/α-hetero) is 4. The molecule has 0 amide bonds. The fraction of sp³-hybridized carbons (Fsp3) is 0.333. The number of benzene rings is 4. The molecular weight excluding hydrogens is 764 g/mol. The van der Waals surface area contributed by atoms with Crippen molar-refractivity contribution in [2.75, 3.05) is 38.4 Å². The molecule has 10 heteroatoms. The van der Waals surface area contributed by atoms with Gasteiger partial charge in [-0.25, -0.2) is 0 Å². The van der Waals surface area contributed by atoms with Gasteiger partial charge in [-0.05, 0) is 83.6 Å². The van der Waals surface area contributed by atoms with Crippen molar-refractivity contribution >= 4 is 45.1 Å². The van der Waals surface area contributed by atoms with Crippen LogP contribution in [0.5, 0.6) is 23.0 Å². The molecular formula is C45H45BrO9. The number of aryl methyl sites for hydroxylation is 2. The van der Waals surface area contributed by atoms with Crippen molar-refractivity contribution in [1.29, 1.82) is 0 Å². The van der Waals surface area contributed by atoms with Gasteiger partial charge in [0.2, 0.25) is 0 Å². The Bertz CT molecular complexity index is 1990. The van der Waals surface area contributed by atoms with E-state index in [0.717, 1.165) is 65.0 Å². The van der Waals surface area contributed by atoms with Gasteiger partial charge in [-0.2, -0.15) is 0 Å². The molecule has 5 aliphatic heterocycles. The van der Waals surface area contributed by atoms with Gasteiger partial charge in [0, 0.05) is 31.0 Å². The zero-order chi connectivity index (χ0) is 38.7. The van der Waals surface area contributed by atoms with Crippen molar-refractivity contribution in [3.05, 3.63) is 124 Å². The summed E-state index contributed by atoms with van der Waals surface area (Å²) in [6.07, 6.45) is 7.00. The molecule has 4 aromatic carbocycles. The Morgan fingerprint density at radius 3 is 1.45 bits per heavy atom. The summed E-state index contributed by atoms with van der Waals surface area (Å²) in [5, 5.41) is 0.917. The molecule has 0 spiro atoms. The van der Waals surface area contributed by atoms with E-state index in [4.69, 9.17) is 23.7 Å². The summed E-state index contributed by atoms with van der Waals surface area (Å²) >= 11 is 3.38. The molecule has 5 aliphatic rings. The van der Waals surface area contributed by atoms with Crippen LogP contribution in [-0.2, 0) is 17.6 Å². The Hall–Kier alpha value is -5.06. The fourth-order valence-corrected chi connectivity index (χ4v) is 6.91. The van der Waals surface area contributed by atoms with Crippen molar-refractivity contribution < 1.29 is 42.9 Å². The standard InChI is InChI=1S/C12H14O2.C11H11BrO2.C11H10O3.C11H10O2/c1-2-3-9-4-5-12-10(8-9)11(13)6-7-14-12;12-5-3-8-1-2-11-9(7-8)10(13)4-6-14-11;12-9-3-4-13-10-2-1-7(5-8(9)10)11-6-14-11;1-2-8-3-4-11-9(7-8)10(12)5-6-13-11/h4-5,8H,2-3,6-7H2,1H3;1-2,7H,3-6H2;1-2,5,11H,3-4,6H2;2-4,7H,1,5-6H2. The average molecular weight is 810 g/mol. The highest BCUT2D eigenvalue weighted by molar-refractivity contribution is 9.09. The highest BCUT2D eigenvalue weighted by Gasteiger charge is 2.28. The van der Waals surface area contributed by atoms with E-state index in [-0.39, 0.29) is 29.2 Å². The van der Waals surface area contributed by atoms with Gasteiger partial charge in [0.25, 0.3) is 0 Å². The second kappa shape index (κ2) is 19.0. The number of epoxide rings is 1. The first-order chi connectivity index (χ1) is 26.8. The van der Waals surface area contributed by atoms with Gasteiger partial charge in [0.05, 0.1) is 55.3 Å². The minimum atomic E-state index is 0.157. The number of halogens is 1. The summed E-state index contributed by atoms with van der Waals surface area (Å²) < 4.78 is 26.7. The van der Waals surface area contributed by atoms with Crippen LogP contribution < -0.4 is 18.9 Å². The van der Waals surface area contributed by atoms with Crippen LogP contribution in [0.2, 0.25) is 0 Å². The Kier molecular flexibility index (Phi) is 13.7. The molecule has 1 atom stereocenters. The van der Waals surface area contributed by atoms with E-state index >= 15 is 0 Å². The summed E-state index contributed by atoms with van der Waals surface area (Å²) in [6, 6.07) is 23.0. The van der Waals surface area contributed by atoms with Gasteiger partial charge in [0.1, 0.15) is 29.1 Å². The third-order valence-electron chi connectivity index (χ3n) is 9.51. The van der Waals surface area contributed by atoms with E-state index in [1.54, 1.807) is 6.08 Å². The Morgan fingerprint density at radius 2 is 1.02 bits per heavy atom. The van der Waals surface area contributed by atoms with E-state index in [2.05, 4.69) is 29.4 Å². The molecule has 0 bridgehead atoms. The maximum atomic E-state index is 11.6. The number of rotatable bonds is 6. The number of carbonyl (C=O) groups is 4. The first-order valence-corrected chi connectivity index (χ1v) is 19.9. The van der Waals surface area contributed by atoms with Crippen LogP contribution in [0.15, 0.2) is 79.4 Å². The lowest BCUT2D eigenvalue weighted by molar-refractivity contribution is 0.0924. The first kappa shape index (κ1) is 39.6. The zero-order valence-corrected chi connectivity index (χ0v) is 32.6. The van der Waals surface area contributed by atoms with Crippen molar-refractivity contribution in [2.45, 2.75) is 58.0 Å². The molecule has 0 aromatic heterocycles. The number of ketones is 4. The third kappa shape index (κ3) is 10.4. The fourth-order valence-electron chi connectivity index (χ4n) is 6.45. The summed E-state index contributed by atoms with van der Waals surface area (Å²) in [5.41, 5.74) is 7.36. The lowest BCUT2D eigenvalue weighted by atomic mass is 10.0. The molecule has 286 valence electrons. The van der Waals surface area contributed by atoms with Gasteiger partial charge in [0.15, 0.2) is 23.1 Å². The van der Waals surface area contributed by atoms with Gasteiger partial charge >= 0.3 is 0 Å². The van der Waals surface area contributed by atoms with E-state index in [0.29, 0.717) is 74.7 Å². The smallest absolute Gasteiger partial charge is 0.170 e. The van der Waals surface area contributed by atoms with Crippen LogP contribution in [0.3, 0.4) is 0 Å². The zero-order valence-electron chi connectivity index (χ0n) is 31.0. The molecule has 55 heavy (non-hydrogen) atoms. The largest absolute Gasteiger partial charge is 0.492 e. The summed E-state index contributed by atoms with van der Waals surface area (Å²) in [5.74, 6) is 3.64. The third-order valence-corrected chi connectivity index (χ3v) is 9.90. The minimum absolute atomic E-state index is 0.157. The number of ether oxygens (including phenoxy) is 5. The molecule has 9 nitrogen and oxygen atoms in total. The van der Waals surface area contributed by atoms with Crippen molar-refractivity contribution in [2.24, 2.45) is 0 Å². The summed E-state index contributed by atoms with van der Waals surface area (Å²) in [7, 11) is 0. The first-order valence-electron chi connectivity index (χ1n) is 18.8. The molecule has 1 unspecified atom stereocenters. The van der Waals surface area contributed by atoms with Gasteiger partial charge in [-0.1, -0.05) is 66.2 Å². The second-order valence-corrected chi connectivity index (χ2v) is 14.3. The molecule has 4 aromatic rings. The normalized spacial score (nSPS) is 17.1. The van der Waals surface area contributed by atoms with Crippen LogP contribution in [0.25, 0.3) is 6.08 Å². The Morgan fingerprint density at radius 1 is 0.600 bits per heavy atom. The SMILES string of the molecule is C=Cc1ccc2c(c1)C(=O)CCO2.CCCc1ccc2c(c1)C(=O)CCO2.O=C1CCOc2ccc(C3CO3)cc21.O=C1CCOc2ccc(CCBr)cc21. The monoisotopic (exact) mass is 808 g/mol. The Balaban J connectivity index is 0.000000125. The number of hydrogen-bond donors (Lipinski definition) is 0. The van der Waals surface area contributed by atoms with E-state index < -0.39 is 0 Å². The maximum absolute atomic E-state index is 11.6. The Labute approximate surface area is 330 Å². The molecule has 0 saturated carbocycles. The minimum Gasteiger partial charge on any atom is -0.492 e. The van der Waals surface area contributed by atoms with Crippen molar-refractivity contribution in [3.63, 3.8) is 0 Å². The second-order valence-electron chi connectivity index (χ2n) is 13.5. The van der Waals surface area contributed by atoms with Crippen LogP contribution in [-0.4, -0.2) is 61.5 Å². The van der Waals surface area contributed by atoms with E-state index in [9.17, 15) is 19.2 Å². The van der Waals surface area contributed by atoms with Crippen LogP contribution in [0.1, 0.15) is 109 Å². The lowest BCUT2D eigenvalue weighted by Gasteiger charge is -2.16. The highest BCUT2D eigenvalue weighted by atomic mass is 79.9. The number of fused-ring (bicyclic) bond motifs is 4. The van der Waals surface area contributed by atoms with Crippen LogP contribution in [0.4, 0.5) is 0 Å². The number of alkyl halides is 1. The molecule has 5 heterocycles. The van der Waals surface area contributed by atoms with E-state index in [1.165, 1.54) is 11.1 Å². The number of carbonyl (C=O) groups excluding carboxylic acids is 4. The topological polar surface area (TPSA) is 118 Å². The molecule has 0 radical (unpaired) electrons. The van der Waals surface area contributed by atoms with E-state index in [1.807, 2.05) is 72.8 Å². The molecule has 9 rings (SSSR count). The number of hydrogen-bond acceptors (Lipinski definition) is 9. The van der Waals surface area contributed by atoms with Gasteiger partial charge in [-0.15, -0.1) is 0 Å². The lowest BCUT2D eigenvalue weighted by Crippen LogP contribution is -2.15. The quantitative estimate of drug-likeness (QED) is 0.139. The predicted octanol–water partition coefficient (Wildman–Crippen LogP) is 9.21. The van der Waals surface area contributed by atoms with Crippen molar-refractivity contribution in [3.8, 4) is 23.0 Å². The molecule has 1 saturated heterocycles. The van der Waals surface area contributed by atoms with Gasteiger partial charge < -0.3 is 23.7 Å². The highest BCUT2D eigenvalue weighted by Crippen LogP contribution is 2.34. The van der Waals surface area contributed by atoms with Crippen molar-refractivity contribution in [1.82, 2.24) is 0 Å². The molecule has 0 N–H and O–H groups in total. The van der Waals surface area contributed by atoms with Gasteiger partial charge in [-0.3, -0.25) is 19.2 Å². The van der Waals surface area contributed by atoms with Crippen LogP contribution in [0, 0.1) is 0 Å². The summed E-state index contributed by atoms with van der Waals surface area (Å²) in [6.45, 7) is 8.61.